The first kappa shape index (κ1) is 23.5. The summed E-state index contributed by atoms with van der Waals surface area (Å²) in [5, 5.41) is 0. The number of piperazine rings is 1. The van der Waals surface area contributed by atoms with Crippen molar-refractivity contribution in [3.05, 3.63) is 72.6 Å². The van der Waals surface area contributed by atoms with Crippen LogP contribution in [-0.2, 0) is 10.0 Å². The first-order valence-corrected chi connectivity index (χ1v) is 13.6. The van der Waals surface area contributed by atoms with E-state index >= 15 is 0 Å². The van der Waals surface area contributed by atoms with Crippen LogP contribution in [0.4, 0.5) is 5.95 Å². The van der Waals surface area contributed by atoms with Crippen molar-refractivity contribution >= 4 is 32.7 Å². The van der Waals surface area contributed by atoms with Crippen molar-refractivity contribution in [1.29, 1.82) is 0 Å². The third-order valence-corrected chi connectivity index (χ3v) is 8.66. The molecule has 0 bridgehead atoms. The zero-order valence-corrected chi connectivity index (χ0v) is 21.8. The Hall–Kier alpha value is -3.89. The van der Waals surface area contributed by atoms with E-state index in [4.69, 9.17) is 9.72 Å². The highest BCUT2D eigenvalue weighted by atomic mass is 32.2. The molecule has 1 saturated heterocycles. The molecule has 37 heavy (non-hydrogen) atoms. The Morgan fingerprint density at radius 2 is 1.59 bits per heavy atom. The second-order valence-corrected chi connectivity index (χ2v) is 11.2. The number of benzene rings is 2. The van der Waals surface area contributed by atoms with Crippen molar-refractivity contribution in [1.82, 2.24) is 23.2 Å². The quantitative estimate of drug-likeness (QED) is 0.353. The van der Waals surface area contributed by atoms with E-state index in [1.165, 1.54) is 3.97 Å². The lowest BCUT2D eigenvalue weighted by Crippen LogP contribution is -2.45. The van der Waals surface area contributed by atoms with Gasteiger partial charge in [-0.25, -0.2) is 22.4 Å². The van der Waals surface area contributed by atoms with Gasteiger partial charge in [-0.15, -0.1) is 0 Å². The summed E-state index contributed by atoms with van der Waals surface area (Å²) in [5.41, 5.74) is 4.60. The van der Waals surface area contributed by atoms with E-state index in [0.717, 1.165) is 60.2 Å². The first-order chi connectivity index (χ1) is 17.9. The van der Waals surface area contributed by atoms with Crippen molar-refractivity contribution < 1.29 is 13.2 Å². The topological polar surface area (TPSA) is 85.0 Å². The number of imidazole rings is 1. The number of anilines is 1. The third-order valence-electron chi connectivity index (χ3n) is 6.98. The summed E-state index contributed by atoms with van der Waals surface area (Å²) >= 11 is 0. The maximum atomic E-state index is 13.5. The average Bonchev–Trinajstić information content (AvgIpc) is 3.52. The van der Waals surface area contributed by atoms with Gasteiger partial charge in [0.1, 0.15) is 5.75 Å². The van der Waals surface area contributed by atoms with Crippen molar-refractivity contribution in [2.75, 3.05) is 45.2 Å². The summed E-state index contributed by atoms with van der Waals surface area (Å²) in [7, 11) is -0.0650. The molecule has 190 valence electrons. The normalized spacial score (nSPS) is 15.1. The Kier molecular flexibility index (Phi) is 5.65. The van der Waals surface area contributed by atoms with Crippen LogP contribution in [0.1, 0.15) is 5.56 Å². The second-order valence-electron chi connectivity index (χ2n) is 9.40. The Labute approximate surface area is 215 Å². The van der Waals surface area contributed by atoms with E-state index in [0.29, 0.717) is 11.2 Å². The summed E-state index contributed by atoms with van der Waals surface area (Å²) in [6.07, 6.45) is 3.29. The molecule has 6 rings (SSSR count). The van der Waals surface area contributed by atoms with E-state index in [2.05, 4.69) is 21.8 Å². The predicted octanol–water partition coefficient (Wildman–Crippen LogP) is 3.66. The van der Waals surface area contributed by atoms with E-state index in [1.54, 1.807) is 49.8 Å². The second kappa shape index (κ2) is 8.89. The van der Waals surface area contributed by atoms with Crippen LogP contribution in [0.25, 0.3) is 27.9 Å². The number of ether oxygens (including phenoxy) is 1. The van der Waals surface area contributed by atoms with E-state index in [9.17, 15) is 8.42 Å². The minimum atomic E-state index is -3.82. The fourth-order valence-electron chi connectivity index (χ4n) is 4.79. The van der Waals surface area contributed by atoms with Gasteiger partial charge in [0.05, 0.1) is 34.9 Å². The monoisotopic (exact) mass is 516 g/mol. The Morgan fingerprint density at radius 3 is 2.27 bits per heavy atom. The Balaban J connectivity index is 1.56. The Morgan fingerprint density at radius 1 is 0.892 bits per heavy atom. The number of nitrogens with zero attached hydrogens (tertiary/aromatic N) is 6. The lowest BCUT2D eigenvalue weighted by molar-refractivity contribution is 0.311. The third kappa shape index (κ3) is 3.93. The predicted molar refractivity (Wildman–Crippen MR) is 144 cm³/mol. The molecule has 9 nitrogen and oxygen atoms in total. The van der Waals surface area contributed by atoms with Gasteiger partial charge in [0.25, 0.3) is 10.0 Å². The number of hydrogen-bond acceptors (Lipinski definition) is 7. The number of fused-ring (bicyclic) bond motifs is 3. The molecule has 10 heteroatoms. The van der Waals surface area contributed by atoms with Crippen molar-refractivity contribution in [3.8, 4) is 17.0 Å². The fourth-order valence-corrected chi connectivity index (χ4v) is 6.09. The molecule has 0 radical (unpaired) electrons. The lowest BCUT2D eigenvalue weighted by atomic mass is 10.1. The molecule has 1 fully saturated rings. The van der Waals surface area contributed by atoms with Gasteiger partial charge >= 0.3 is 0 Å². The minimum absolute atomic E-state index is 0.223. The van der Waals surface area contributed by atoms with Crippen molar-refractivity contribution in [2.24, 2.45) is 0 Å². The van der Waals surface area contributed by atoms with Crippen molar-refractivity contribution in [2.45, 2.75) is 11.8 Å². The molecule has 0 aliphatic carbocycles. The molecule has 3 aromatic heterocycles. The maximum absolute atomic E-state index is 13.5. The molecule has 0 spiro atoms. The zero-order chi connectivity index (χ0) is 25.7. The molecule has 1 aliphatic rings. The molecule has 5 aromatic rings. The fraction of sp³-hybridized carbons (Fsp3) is 0.259. The molecule has 1 aliphatic heterocycles. The SMILES string of the molecule is COc1ccc(-c2nc(N3CCN(C)CC3)n3c2cnc2c3ccn2S(=O)(=O)c2ccc(C)cc2)cc1. The summed E-state index contributed by atoms with van der Waals surface area (Å²) in [6.45, 7) is 5.42. The van der Waals surface area contributed by atoms with Gasteiger partial charge in [-0.1, -0.05) is 17.7 Å². The highest BCUT2D eigenvalue weighted by Crippen LogP contribution is 2.33. The van der Waals surface area contributed by atoms with Gasteiger partial charge in [0.2, 0.25) is 5.95 Å². The van der Waals surface area contributed by atoms with Gasteiger partial charge in [-0.3, -0.25) is 4.40 Å². The molecule has 0 amide bonds. The van der Waals surface area contributed by atoms with Crippen LogP contribution in [0.5, 0.6) is 5.75 Å². The molecular weight excluding hydrogens is 488 g/mol. The molecule has 2 aromatic carbocycles. The summed E-state index contributed by atoms with van der Waals surface area (Å²) < 4.78 is 35.7. The number of aryl methyl sites for hydroxylation is 1. The smallest absolute Gasteiger partial charge is 0.269 e. The first-order valence-electron chi connectivity index (χ1n) is 12.2. The van der Waals surface area contributed by atoms with Crippen LogP contribution in [0.2, 0.25) is 0 Å². The van der Waals surface area contributed by atoms with Gasteiger partial charge in [0.15, 0.2) is 5.65 Å². The van der Waals surface area contributed by atoms with E-state index < -0.39 is 10.0 Å². The van der Waals surface area contributed by atoms with Crippen LogP contribution >= 0.6 is 0 Å². The van der Waals surface area contributed by atoms with Crippen LogP contribution < -0.4 is 9.64 Å². The van der Waals surface area contributed by atoms with Gasteiger partial charge in [0, 0.05) is 37.9 Å². The average molecular weight is 517 g/mol. The minimum Gasteiger partial charge on any atom is -0.497 e. The van der Waals surface area contributed by atoms with Crippen LogP contribution in [0.15, 0.2) is 71.9 Å². The number of aromatic nitrogens is 4. The molecular formula is C27H28N6O3S. The number of methoxy groups -OCH3 is 1. The summed E-state index contributed by atoms with van der Waals surface area (Å²) in [5.74, 6) is 1.55. The highest BCUT2D eigenvalue weighted by molar-refractivity contribution is 7.90. The number of likely N-dealkylation sites (N-methyl/N-ethyl adjacent to an activating group) is 1. The van der Waals surface area contributed by atoms with Crippen LogP contribution in [0, 0.1) is 6.92 Å². The Bertz CT molecular complexity index is 1700. The maximum Gasteiger partial charge on any atom is 0.269 e. The highest BCUT2D eigenvalue weighted by Gasteiger charge is 2.26. The number of hydrogen-bond donors (Lipinski definition) is 0. The van der Waals surface area contributed by atoms with E-state index in [-0.39, 0.29) is 4.90 Å². The lowest BCUT2D eigenvalue weighted by Gasteiger charge is -2.32. The van der Waals surface area contributed by atoms with Crippen LogP contribution in [0.3, 0.4) is 0 Å². The van der Waals surface area contributed by atoms with Crippen molar-refractivity contribution in [3.63, 3.8) is 0 Å². The van der Waals surface area contributed by atoms with Crippen LogP contribution in [-0.4, -0.2) is 72.0 Å². The van der Waals surface area contributed by atoms with Gasteiger partial charge in [-0.05, 0) is 56.4 Å². The molecule has 0 saturated carbocycles. The van der Waals surface area contributed by atoms with E-state index in [1.807, 2.05) is 35.6 Å². The largest absolute Gasteiger partial charge is 0.497 e. The molecule has 4 heterocycles. The number of rotatable bonds is 5. The molecule has 0 unspecified atom stereocenters. The summed E-state index contributed by atoms with van der Waals surface area (Å²) in [4.78, 5) is 14.5. The summed E-state index contributed by atoms with van der Waals surface area (Å²) in [6, 6.07) is 16.4. The van der Waals surface area contributed by atoms with Gasteiger partial charge in [-0.2, -0.15) is 0 Å². The molecule has 0 atom stereocenters. The van der Waals surface area contributed by atoms with Gasteiger partial charge < -0.3 is 14.5 Å². The standard InChI is InChI=1S/C27H28N6O3S/c1-19-4-10-22(11-5-19)37(34,35)32-13-12-23-26(32)28-18-24-25(20-6-8-21(36-3)9-7-20)29-27(33(23)24)31-16-14-30(2)15-17-31/h4-13,18H,14-17H2,1-3H3. The zero-order valence-electron chi connectivity index (χ0n) is 21.0. The molecule has 0 N–H and O–H groups in total.